The molecule has 2 aliphatic heterocycles. The fourth-order valence-corrected chi connectivity index (χ4v) is 4.36. The van der Waals surface area contributed by atoms with Crippen molar-refractivity contribution in [2.45, 2.75) is 75.4 Å². The summed E-state index contributed by atoms with van der Waals surface area (Å²) < 4.78 is 85.2. The van der Waals surface area contributed by atoms with E-state index in [0.717, 1.165) is 0 Å². The highest BCUT2D eigenvalue weighted by Crippen LogP contribution is 2.52. The van der Waals surface area contributed by atoms with Crippen LogP contribution in [0, 0.1) is 0 Å². The van der Waals surface area contributed by atoms with E-state index in [9.17, 15) is 35.9 Å². The van der Waals surface area contributed by atoms with Crippen molar-refractivity contribution in [3.8, 4) is 0 Å². The maximum absolute atomic E-state index is 13.2. The van der Waals surface area contributed by atoms with Crippen molar-refractivity contribution in [3.05, 3.63) is 70.8 Å². The minimum absolute atomic E-state index is 0.0526. The molecule has 0 radical (unpaired) electrons. The normalized spacial score (nSPS) is 17.3. The summed E-state index contributed by atoms with van der Waals surface area (Å²) in [5, 5.41) is 11.9. The van der Waals surface area contributed by atoms with Gasteiger partial charge in [0.15, 0.2) is 0 Å². The molecule has 0 atom stereocenters. The predicted octanol–water partition coefficient (Wildman–Crippen LogP) is 5.20. The molecule has 234 valence electrons. The molecular weight excluding hydrogens is 582 g/mol. The molecule has 15 heteroatoms. The standard InChI is InChI=1S/C28H32F6N6O3/c1-23(2,36-22(42)18-7-11-20(12-8-18)26(39-40-26)28(32,33)34)14-16-43-24(3,4)13-15-35-21(41)17-5-9-19(10-6-17)25(37-38-25)27(29,30)31/h5-12,37-38H,13-16H2,1-4H3,(H,35,41)(H,36,42). The molecule has 0 aromatic heterocycles. The van der Waals surface area contributed by atoms with Gasteiger partial charge in [0.1, 0.15) is 0 Å². The van der Waals surface area contributed by atoms with Crippen molar-refractivity contribution in [2.24, 2.45) is 10.2 Å². The number of alkyl halides is 6. The van der Waals surface area contributed by atoms with Crippen LogP contribution in [0.1, 0.15) is 72.4 Å². The summed E-state index contributed by atoms with van der Waals surface area (Å²) in [5.74, 6) is -0.901. The lowest BCUT2D eigenvalue weighted by molar-refractivity contribution is -0.166. The first kappa shape index (κ1) is 32.4. The van der Waals surface area contributed by atoms with E-state index in [1.54, 1.807) is 13.8 Å². The third kappa shape index (κ3) is 7.16. The van der Waals surface area contributed by atoms with Gasteiger partial charge in [-0.25, -0.2) is 10.9 Å². The molecule has 0 aliphatic carbocycles. The highest BCUT2D eigenvalue weighted by atomic mass is 19.4. The van der Waals surface area contributed by atoms with Crippen molar-refractivity contribution in [3.63, 3.8) is 0 Å². The maximum Gasteiger partial charge on any atom is 0.442 e. The van der Waals surface area contributed by atoms with E-state index in [2.05, 4.69) is 31.7 Å². The molecule has 2 aliphatic rings. The molecule has 0 saturated carbocycles. The number of halogens is 6. The molecule has 43 heavy (non-hydrogen) atoms. The van der Waals surface area contributed by atoms with E-state index in [1.165, 1.54) is 48.5 Å². The molecule has 2 aromatic carbocycles. The number of ether oxygens (including phenoxy) is 1. The van der Waals surface area contributed by atoms with Crippen LogP contribution in [0.3, 0.4) is 0 Å². The molecule has 1 saturated heterocycles. The minimum atomic E-state index is -4.65. The second kappa shape index (κ2) is 11.2. The van der Waals surface area contributed by atoms with Gasteiger partial charge in [0.2, 0.25) is 5.66 Å². The average molecular weight is 615 g/mol. The van der Waals surface area contributed by atoms with Crippen LogP contribution in [-0.2, 0) is 16.1 Å². The summed E-state index contributed by atoms with van der Waals surface area (Å²) in [6, 6.07) is 10.1. The van der Waals surface area contributed by atoms with Crippen molar-refractivity contribution in [1.82, 2.24) is 21.5 Å². The molecule has 1 fully saturated rings. The monoisotopic (exact) mass is 614 g/mol. The van der Waals surface area contributed by atoms with Gasteiger partial charge in [-0.15, -0.1) is 10.2 Å². The zero-order valence-corrected chi connectivity index (χ0v) is 23.8. The van der Waals surface area contributed by atoms with Crippen LogP contribution in [0.4, 0.5) is 26.3 Å². The quantitative estimate of drug-likeness (QED) is 0.192. The second-order valence-electron chi connectivity index (χ2n) is 11.7. The maximum atomic E-state index is 13.2. The van der Waals surface area contributed by atoms with E-state index in [-0.39, 0.29) is 35.4 Å². The van der Waals surface area contributed by atoms with Crippen LogP contribution in [0.2, 0.25) is 0 Å². The van der Waals surface area contributed by atoms with Crippen molar-refractivity contribution in [1.29, 1.82) is 0 Å². The van der Waals surface area contributed by atoms with Crippen LogP contribution < -0.4 is 21.5 Å². The largest absolute Gasteiger partial charge is 0.442 e. The van der Waals surface area contributed by atoms with Crippen molar-refractivity contribution in [2.75, 3.05) is 13.2 Å². The lowest BCUT2D eigenvalue weighted by atomic mass is 9.98. The molecule has 4 rings (SSSR count). The first-order valence-corrected chi connectivity index (χ1v) is 13.4. The van der Waals surface area contributed by atoms with Gasteiger partial charge in [0.05, 0.1) is 5.60 Å². The lowest BCUT2D eigenvalue weighted by Gasteiger charge is -2.30. The van der Waals surface area contributed by atoms with Crippen LogP contribution in [0.15, 0.2) is 58.8 Å². The molecule has 0 bridgehead atoms. The van der Waals surface area contributed by atoms with Gasteiger partial charge < -0.3 is 15.4 Å². The fraction of sp³-hybridized carbons (Fsp3) is 0.500. The third-order valence-electron chi connectivity index (χ3n) is 7.31. The van der Waals surface area contributed by atoms with Crippen molar-refractivity contribution < 1.29 is 40.7 Å². The molecule has 2 aromatic rings. The van der Waals surface area contributed by atoms with Gasteiger partial charge in [0, 0.05) is 35.4 Å². The third-order valence-corrected chi connectivity index (χ3v) is 7.31. The average Bonchev–Trinajstić information content (AvgIpc) is 3.81. The highest BCUT2D eigenvalue weighted by molar-refractivity contribution is 5.95. The Morgan fingerprint density at radius 1 is 0.767 bits per heavy atom. The number of hydrogen-bond acceptors (Lipinski definition) is 7. The number of nitrogens with one attached hydrogen (secondary N) is 4. The Morgan fingerprint density at radius 2 is 1.28 bits per heavy atom. The number of rotatable bonds is 12. The molecule has 4 N–H and O–H groups in total. The number of benzene rings is 2. The minimum Gasteiger partial charge on any atom is -0.375 e. The Bertz CT molecular complexity index is 1360. The van der Waals surface area contributed by atoms with E-state index in [0.29, 0.717) is 12.8 Å². The smallest absolute Gasteiger partial charge is 0.375 e. The summed E-state index contributed by atoms with van der Waals surface area (Å²) >= 11 is 0. The molecule has 9 nitrogen and oxygen atoms in total. The summed E-state index contributed by atoms with van der Waals surface area (Å²) in [7, 11) is 0. The lowest BCUT2D eigenvalue weighted by Crippen LogP contribution is -2.45. The van der Waals surface area contributed by atoms with E-state index < -0.39 is 46.6 Å². The Balaban J connectivity index is 1.19. The number of nitrogens with zero attached hydrogens (tertiary/aromatic N) is 2. The van der Waals surface area contributed by atoms with Gasteiger partial charge in [-0.1, -0.05) is 24.3 Å². The van der Waals surface area contributed by atoms with Crippen LogP contribution in [0.25, 0.3) is 0 Å². The zero-order chi connectivity index (χ0) is 31.9. The van der Waals surface area contributed by atoms with Crippen molar-refractivity contribution >= 4 is 11.8 Å². The topological polar surface area (TPSA) is 136 Å². The van der Waals surface area contributed by atoms with Gasteiger partial charge in [0.25, 0.3) is 11.8 Å². The van der Waals surface area contributed by atoms with Crippen LogP contribution in [-0.4, -0.2) is 48.5 Å². The second-order valence-corrected chi connectivity index (χ2v) is 11.7. The highest BCUT2D eigenvalue weighted by Gasteiger charge is 2.66. The molecular formula is C28H32F6N6O3. The van der Waals surface area contributed by atoms with E-state index in [1.807, 2.05) is 13.8 Å². The Kier molecular flexibility index (Phi) is 8.41. The summed E-state index contributed by atoms with van der Waals surface area (Å²) in [6.45, 7) is 7.74. The van der Waals surface area contributed by atoms with Gasteiger partial charge >= 0.3 is 18.0 Å². The number of hydrogen-bond donors (Lipinski definition) is 4. The number of hydrazine groups is 1. The Hall–Kier alpha value is -3.56. The SMILES string of the molecule is CC(C)(CCOC(C)(C)CCNC(=O)c1ccc(C2(C(F)(F)F)NN2)cc1)NC(=O)c1ccc(C2(C(F)(F)F)N=N2)cc1. The van der Waals surface area contributed by atoms with Gasteiger partial charge in [-0.3, -0.25) is 9.59 Å². The molecule has 0 unspecified atom stereocenters. The Morgan fingerprint density at radius 3 is 1.74 bits per heavy atom. The fourth-order valence-electron chi connectivity index (χ4n) is 4.36. The van der Waals surface area contributed by atoms with E-state index in [4.69, 9.17) is 4.74 Å². The number of amides is 2. The van der Waals surface area contributed by atoms with E-state index >= 15 is 0 Å². The summed E-state index contributed by atoms with van der Waals surface area (Å²) in [6.07, 6.45) is -8.34. The molecule has 0 spiro atoms. The van der Waals surface area contributed by atoms with Crippen LogP contribution >= 0.6 is 0 Å². The first-order valence-electron chi connectivity index (χ1n) is 13.4. The van der Waals surface area contributed by atoms with Crippen LogP contribution in [0.5, 0.6) is 0 Å². The van der Waals surface area contributed by atoms with Gasteiger partial charge in [-0.2, -0.15) is 26.3 Å². The molecule has 2 heterocycles. The number of carbonyl (C=O) groups excluding carboxylic acids is 2. The predicted molar refractivity (Wildman–Crippen MR) is 143 cm³/mol. The zero-order valence-electron chi connectivity index (χ0n) is 23.8. The van der Waals surface area contributed by atoms with Gasteiger partial charge in [-0.05, 0) is 70.4 Å². The summed E-state index contributed by atoms with van der Waals surface area (Å²) in [4.78, 5) is 25.2. The summed E-state index contributed by atoms with van der Waals surface area (Å²) in [5.41, 5.74) is -1.80. The first-order chi connectivity index (χ1) is 19.8. The Labute approximate surface area is 243 Å². The number of carbonyl (C=O) groups is 2. The molecule has 2 amide bonds.